The Bertz CT molecular complexity index is 531. The Hall–Kier alpha value is -0.130. The molecule has 0 amide bonds. The Balaban J connectivity index is 3.12. The number of aliphatic hydroxyl groups excluding tert-OH is 1. The van der Waals surface area contributed by atoms with Gasteiger partial charge in [-0.25, -0.2) is 8.93 Å². The van der Waals surface area contributed by atoms with Gasteiger partial charge in [-0.15, -0.1) is 11.6 Å². The van der Waals surface area contributed by atoms with Gasteiger partial charge in [0.2, 0.25) is 0 Å². The molecular formula is C19H31Cl2NO2S. The van der Waals surface area contributed by atoms with E-state index in [1.165, 1.54) is 0 Å². The number of nitrogens with one attached hydrogen (secondary N) is 1. The molecule has 3 nitrogen and oxygen atoms in total. The molecule has 0 fully saturated rings. The van der Waals surface area contributed by atoms with Crippen molar-refractivity contribution in [2.75, 3.05) is 12.5 Å². The summed E-state index contributed by atoms with van der Waals surface area (Å²) >= 11 is 12.0. The van der Waals surface area contributed by atoms with Crippen molar-refractivity contribution >= 4 is 34.2 Å². The van der Waals surface area contributed by atoms with Crippen LogP contribution >= 0.6 is 23.2 Å². The van der Waals surface area contributed by atoms with Gasteiger partial charge in [-0.3, -0.25) is 0 Å². The maximum Gasteiger partial charge on any atom is 0.0972 e. The maximum atomic E-state index is 12.7. The molecule has 144 valence electrons. The summed E-state index contributed by atoms with van der Waals surface area (Å²) in [4.78, 5) is 0. The van der Waals surface area contributed by atoms with Gasteiger partial charge in [-0.05, 0) is 63.6 Å². The molecule has 1 unspecified atom stereocenters. The first-order valence-electron chi connectivity index (χ1n) is 8.79. The average molecular weight is 408 g/mol. The molecule has 0 aliphatic heterocycles. The predicted molar refractivity (Wildman–Crippen MR) is 110 cm³/mol. The summed E-state index contributed by atoms with van der Waals surface area (Å²) in [6, 6.07) is 7.82. The van der Waals surface area contributed by atoms with Crippen molar-refractivity contribution < 1.29 is 9.32 Å². The number of aliphatic hydroxyl groups is 1. The Labute approximate surface area is 165 Å². The molecule has 0 spiro atoms. The highest BCUT2D eigenvalue weighted by Gasteiger charge is 2.29. The highest BCUT2D eigenvalue weighted by atomic mass is 35.5. The van der Waals surface area contributed by atoms with Crippen molar-refractivity contribution in [3.8, 4) is 0 Å². The number of rotatable bonds is 10. The maximum absolute atomic E-state index is 12.7. The van der Waals surface area contributed by atoms with Crippen molar-refractivity contribution in [2.24, 2.45) is 5.92 Å². The molecule has 0 aromatic heterocycles. The Morgan fingerprint density at radius 2 is 1.84 bits per heavy atom. The van der Waals surface area contributed by atoms with Crippen LogP contribution in [0, 0.1) is 5.92 Å². The Kier molecular flexibility index (Phi) is 9.97. The van der Waals surface area contributed by atoms with E-state index in [4.69, 9.17) is 23.2 Å². The van der Waals surface area contributed by atoms with E-state index >= 15 is 0 Å². The first-order chi connectivity index (χ1) is 11.7. The van der Waals surface area contributed by atoms with Gasteiger partial charge in [0.1, 0.15) is 0 Å². The first kappa shape index (κ1) is 22.9. The molecule has 0 bridgehead atoms. The molecule has 1 rings (SSSR count). The Morgan fingerprint density at radius 1 is 1.24 bits per heavy atom. The second-order valence-corrected chi connectivity index (χ2v) is 10.4. The van der Waals surface area contributed by atoms with Crippen LogP contribution in [0.4, 0.5) is 0 Å². The zero-order valence-corrected chi connectivity index (χ0v) is 17.9. The van der Waals surface area contributed by atoms with Gasteiger partial charge in [0.05, 0.1) is 15.7 Å². The van der Waals surface area contributed by atoms with Crippen molar-refractivity contribution in [3.05, 3.63) is 34.9 Å². The van der Waals surface area contributed by atoms with E-state index in [-0.39, 0.29) is 29.2 Å². The molecular weight excluding hydrogens is 377 g/mol. The van der Waals surface area contributed by atoms with E-state index in [0.717, 1.165) is 24.8 Å². The third kappa shape index (κ3) is 7.96. The number of benzene rings is 1. The van der Waals surface area contributed by atoms with E-state index < -0.39 is 11.0 Å². The average Bonchev–Trinajstić information content (AvgIpc) is 2.55. The number of hydrogen-bond acceptors (Lipinski definition) is 2. The van der Waals surface area contributed by atoms with E-state index in [0.29, 0.717) is 10.9 Å². The summed E-state index contributed by atoms with van der Waals surface area (Å²) in [7, 11) is -1.18. The molecule has 0 aliphatic carbocycles. The van der Waals surface area contributed by atoms with E-state index in [1.54, 1.807) is 0 Å². The van der Waals surface area contributed by atoms with Crippen molar-refractivity contribution in [2.45, 2.75) is 63.7 Å². The molecule has 1 aromatic rings. The molecule has 0 heterocycles. The minimum Gasteiger partial charge on any atom is -0.396 e. The lowest BCUT2D eigenvalue weighted by atomic mass is 9.84. The summed E-state index contributed by atoms with van der Waals surface area (Å²) < 4.78 is 15.7. The molecule has 4 atom stereocenters. The summed E-state index contributed by atoms with van der Waals surface area (Å²) in [5, 5.41) is 10.2. The summed E-state index contributed by atoms with van der Waals surface area (Å²) in [6.07, 6.45) is 2.51. The number of hydrogen-bond donors (Lipinski definition) is 2. The second-order valence-electron chi connectivity index (χ2n) is 7.62. The highest BCUT2D eigenvalue weighted by molar-refractivity contribution is 7.84. The van der Waals surface area contributed by atoms with Crippen LogP contribution in [0.2, 0.25) is 5.02 Å². The fourth-order valence-electron chi connectivity index (χ4n) is 2.72. The SMILES string of the molecule is C[C@@H](CO)C[C@@H](N[S@](=O)C(C)(C)C)C(CCCCl)c1ccc(Cl)cc1. The van der Waals surface area contributed by atoms with Crippen LogP contribution in [0.15, 0.2) is 24.3 Å². The molecule has 1 aromatic carbocycles. The summed E-state index contributed by atoms with van der Waals surface area (Å²) in [5.41, 5.74) is 1.16. The molecule has 25 heavy (non-hydrogen) atoms. The van der Waals surface area contributed by atoms with Crippen LogP contribution in [0.25, 0.3) is 0 Å². The zero-order chi connectivity index (χ0) is 19.0. The van der Waals surface area contributed by atoms with Crippen molar-refractivity contribution in [1.82, 2.24) is 4.72 Å². The van der Waals surface area contributed by atoms with Gasteiger partial charge in [-0.1, -0.05) is 30.7 Å². The topological polar surface area (TPSA) is 49.3 Å². The van der Waals surface area contributed by atoms with Gasteiger partial charge in [-0.2, -0.15) is 0 Å². The lowest BCUT2D eigenvalue weighted by Gasteiger charge is -2.32. The van der Waals surface area contributed by atoms with Crippen LogP contribution in [0.5, 0.6) is 0 Å². The van der Waals surface area contributed by atoms with E-state index in [1.807, 2.05) is 52.0 Å². The van der Waals surface area contributed by atoms with Gasteiger partial charge in [0, 0.05) is 29.5 Å². The van der Waals surface area contributed by atoms with Crippen LogP contribution in [-0.4, -0.2) is 32.6 Å². The lowest BCUT2D eigenvalue weighted by Crippen LogP contribution is -2.44. The monoisotopic (exact) mass is 407 g/mol. The molecule has 0 saturated heterocycles. The molecule has 0 radical (unpaired) electrons. The van der Waals surface area contributed by atoms with Gasteiger partial charge >= 0.3 is 0 Å². The fraction of sp³-hybridized carbons (Fsp3) is 0.684. The molecule has 0 saturated carbocycles. The molecule has 6 heteroatoms. The lowest BCUT2D eigenvalue weighted by molar-refractivity contribution is 0.215. The summed E-state index contributed by atoms with van der Waals surface area (Å²) in [6.45, 7) is 7.99. The van der Waals surface area contributed by atoms with Crippen LogP contribution < -0.4 is 4.72 Å². The zero-order valence-electron chi connectivity index (χ0n) is 15.6. The van der Waals surface area contributed by atoms with Gasteiger partial charge in [0.15, 0.2) is 0 Å². The number of alkyl halides is 1. The van der Waals surface area contributed by atoms with Crippen molar-refractivity contribution in [1.29, 1.82) is 0 Å². The van der Waals surface area contributed by atoms with E-state index in [9.17, 15) is 9.32 Å². The standard InChI is InChI=1S/C19H31Cl2NO2S/c1-14(13-23)12-18(22-25(24)19(2,3)4)17(6-5-11-20)15-7-9-16(21)10-8-15/h7-10,14,17-18,22-23H,5-6,11-13H2,1-4H3/t14-,17?,18-,25-/m1/s1. The molecule has 0 aliphatic rings. The van der Waals surface area contributed by atoms with Crippen LogP contribution in [-0.2, 0) is 11.0 Å². The highest BCUT2D eigenvalue weighted by Crippen LogP contribution is 2.31. The largest absolute Gasteiger partial charge is 0.396 e. The molecule has 2 N–H and O–H groups in total. The van der Waals surface area contributed by atoms with Gasteiger partial charge < -0.3 is 5.11 Å². The Morgan fingerprint density at radius 3 is 2.32 bits per heavy atom. The minimum atomic E-state index is -1.18. The van der Waals surface area contributed by atoms with Crippen molar-refractivity contribution in [3.63, 3.8) is 0 Å². The third-order valence-corrected chi connectivity index (χ3v) is 6.36. The first-order valence-corrected chi connectivity index (χ1v) is 10.9. The van der Waals surface area contributed by atoms with Crippen LogP contribution in [0.3, 0.4) is 0 Å². The van der Waals surface area contributed by atoms with Gasteiger partial charge in [0.25, 0.3) is 0 Å². The summed E-state index contributed by atoms with van der Waals surface area (Å²) in [5.74, 6) is 0.880. The quantitative estimate of drug-likeness (QED) is 0.542. The normalized spacial score (nSPS) is 17.1. The van der Waals surface area contributed by atoms with Crippen LogP contribution in [0.1, 0.15) is 58.4 Å². The predicted octanol–water partition coefficient (Wildman–Crippen LogP) is 4.88. The third-order valence-electron chi connectivity index (χ3n) is 4.22. The smallest absolute Gasteiger partial charge is 0.0972 e. The second kappa shape index (κ2) is 10.9. The number of halogens is 2. The fourth-order valence-corrected chi connectivity index (χ4v) is 3.89. The minimum absolute atomic E-state index is 0.00778. The van der Waals surface area contributed by atoms with E-state index in [2.05, 4.69) is 4.72 Å².